The summed E-state index contributed by atoms with van der Waals surface area (Å²) in [6, 6.07) is 4.30. The summed E-state index contributed by atoms with van der Waals surface area (Å²) in [5.74, 6) is -3.47. The van der Waals surface area contributed by atoms with E-state index in [0.717, 1.165) is 0 Å². The summed E-state index contributed by atoms with van der Waals surface area (Å²) >= 11 is 0. The van der Waals surface area contributed by atoms with E-state index in [4.69, 9.17) is 10.2 Å². The van der Waals surface area contributed by atoms with Crippen LogP contribution in [0.4, 0.5) is 10.1 Å². The molecule has 0 unspecified atom stereocenters. The highest BCUT2D eigenvalue weighted by Gasteiger charge is 2.15. The Morgan fingerprint density at radius 1 is 1.35 bits per heavy atom. The van der Waals surface area contributed by atoms with Gasteiger partial charge >= 0.3 is 11.9 Å². The number of nitrogens with zero attached hydrogens (tertiary/aromatic N) is 1. The fourth-order valence-electron chi connectivity index (χ4n) is 1.17. The van der Waals surface area contributed by atoms with Crippen LogP contribution in [0.25, 0.3) is 0 Å². The lowest BCUT2D eigenvalue weighted by atomic mass is 10.2. The number of hydrogen-bond donors (Lipinski definition) is 2. The van der Waals surface area contributed by atoms with Crippen LogP contribution in [0.3, 0.4) is 0 Å². The van der Waals surface area contributed by atoms with E-state index in [1.54, 1.807) is 0 Å². The van der Waals surface area contributed by atoms with Crippen molar-refractivity contribution in [2.75, 3.05) is 0 Å². The van der Waals surface area contributed by atoms with Gasteiger partial charge in [0.15, 0.2) is 5.82 Å². The van der Waals surface area contributed by atoms with Gasteiger partial charge in [-0.05, 0) is 18.6 Å². The SMILES string of the molecule is Cc1cccc(/N=C(\CC(=O)O)C(=O)O)c1F. The van der Waals surface area contributed by atoms with Gasteiger partial charge in [-0.2, -0.15) is 0 Å². The Hall–Kier alpha value is -2.24. The van der Waals surface area contributed by atoms with E-state index in [1.807, 2.05) is 0 Å². The number of benzene rings is 1. The molecule has 2 N–H and O–H groups in total. The van der Waals surface area contributed by atoms with Crippen molar-refractivity contribution >= 4 is 23.3 Å². The molecule has 0 radical (unpaired) electrons. The molecule has 0 fully saturated rings. The second-order valence-corrected chi connectivity index (χ2v) is 3.34. The minimum atomic E-state index is -1.48. The lowest BCUT2D eigenvalue weighted by molar-refractivity contribution is -0.137. The molecule has 90 valence electrons. The number of carboxylic acids is 2. The first-order valence-electron chi connectivity index (χ1n) is 4.69. The lowest BCUT2D eigenvalue weighted by Gasteiger charge is -2.02. The van der Waals surface area contributed by atoms with E-state index in [2.05, 4.69) is 4.99 Å². The summed E-state index contributed by atoms with van der Waals surface area (Å²) in [4.78, 5) is 24.7. The van der Waals surface area contributed by atoms with Gasteiger partial charge < -0.3 is 10.2 Å². The van der Waals surface area contributed by atoms with Crippen molar-refractivity contribution in [2.24, 2.45) is 4.99 Å². The van der Waals surface area contributed by atoms with E-state index in [-0.39, 0.29) is 5.69 Å². The van der Waals surface area contributed by atoms with E-state index >= 15 is 0 Å². The average Bonchev–Trinajstić information content (AvgIpc) is 2.22. The van der Waals surface area contributed by atoms with Crippen molar-refractivity contribution < 1.29 is 24.2 Å². The van der Waals surface area contributed by atoms with Crippen LogP contribution in [0.2, 0.25) is 0 Å². The number of carboxylic acid groups (broad SMARTS) is 2. The van der Waals surface area contributed by atoms with Crippen LogP contribution in [0.15, 0.2) is 23.2 Å². The van der Waals surface area contributed by atoms with Crippen LogP contribution in [0.5, 0.6) is 0 Å². The molecule has 0 aliphatic rings. The molecule has 0 heterocycles. The fourth-order valence-corrected chi connectivity index (χ4v) is 1.17. The second-order valence-electron chi connectivity index (χ2n) is 3.34. The Kier molecular flexibility index (Phi) is 3.92. The zero-order valence-electron chi connectivity index (χ0n) is 8.98. The zero-order chi connectivity index (χ0) is 13.0. The number of halogens is 1. The van der Waals surface area contributed by atoms with Gasteiger partial charge in [-0.15, -0.1) is 0 Å². The van der Waals surface area contributed by atoms with Crippen molar-refractivity contribution in [3.05, 3.63) is 29.6 Å². The zero-order valence-corrected chi connectivity index (χ0v) is 8.98. The molecule has 0 spiro atoms. The average molecular weight is 239 g/mol. The molecule has 1 rings (SSSR count). The van der Waals surface area contributed by atoms with E-state index in [0.29, 0.717) is 5.56 Å². The van der Waals surface area contributed by atoms with Gasteiger partial charge in [-0.25, -0.2) is 14.2 Å². The first kappa shape index (κ1) is 12.8. The number of aliphatic carboxylic acids is 2. The molecule has 0 aliphatic carbocycles. The first-order chi connectivity index (χ1) is 7.91. The maximum Gasteiger partial charge on any atom is 0.350 e. The predicted octanol–water partition coefficient (Wildman–Crippen LogP) is 1.77. The molecule has 6 heteroatoms. The normalized spacial score (nSPS) is 11.3. The Balaban J connectivity index is 3.17. The molecule has 1 aromatic carbocycles. The Morgan fingerprint density at radius 3 is 2.53 bits per heavy atom. The minimum absolute atomic E-state index is 0.177. The van der Waals surface area contributed by atoms with Crippen LogP contribution in [0.1, 0.15) is 12.0 Å². The maximum atomic E-state index is 13.5. The fraction of sp³-hybridized carbons (Fsp3) is 0.182. The second kappa shape index (κ2) is 5.20. The number of hydrogen-bond acceptors (Lipinski definition) is 3. The highest BCUT2D eigenvalue weighted by atomic mass is 19.1. The first-order valence-corrected chi connectivity index (χ1v) is 4.69. The maximum absolute atomic E-state index is 13.5. The molecule has 17 heavy (non-hydrogen) atoms. The Morgan fingerprint density at radius 2 is 2.00 bits per heavy atom. The number of carbonyl (C=O) groups is 2. The van der Waals surface area contributed by atoms with Crippen LogP contribution >= 0.6 is 0 Å². The molecule has 5 nitrogen and oxygen atoms in total. The monoisotopic (exact) mass is 239 g/mol. The van der Waals surface area contributed by atoms with E-state index < -0.39 is 29.9 Å². The van der Waals surface area contributed by atoms with E-state index in [1.165, 1.54) is 25.1 Å². The summed E-state index contributed by atoms with van der Waals surface area (Å²) in [7, 11) is 0. The summed E-state index contributed by atoms with van der Waals surface area (Å²) in [6.45, 7) is 1.51. The van der Waals surface area contributed by atoms with Crippen LogP contribution in [0, 0.1) is 12.7 Å². The molecule has 0 atom stereocenters. The van der Waals surface area contributed by atoms with E-state index in [9.17, 15) is 14.0 Å². The third-order valence-corrected chi connectivity index (χ3v) is 1.99. The van der Waals surface area contributed by atoms with Crippen molar-refractivity contribution in [3.8, 4) is 0 Å². The minimum Gasteiger partial charge on any atom is -0.481 e. The van der Waals surface area contributed by atoms with Crippen LogP contribution in [-0.4, -0.2) is 27.9 Å². The third kappa shape index (κ3) is 3.37. The third-order valence-electron chi connectivity index (χ3n) is 1.99. The highest BCUT2D eigenvalue weighted by Crippen LogP contribution is 2.20. The summed E-state index contributed by atoms with van der Waals surface area (Å²) < 4.78 is 13.5. The lowest BCUT2D eigenvalue weighted by Crippen LogP contribution is -2.17. The summed E-state index contributed by atoms with van der Waals surface area (Å²) in [5.41, 5.74) is -0.475. The van der Waals surface area contributed by atoms with Gasteiger partial charge in [0, 0.05) is 0 Å². The van der Waals surface area contributed by atoms with Crippen LogP contribution < -0.4 is 0 Å². The topological polar surface area (TPSA) is 87.0 Å². The van der Waals surface area contributed by atoms with Gasteiger partial charge in [-0.3, -0.25) is 4.79 Å². The standard InChI is InChI=1S/C11H10FNO4/c1-6-3-2-4-7(10(6)12)13-8(11(16)17)5-9(14)15/h2-4H,5H2,1H3,(H,14,15)(H,16,17)/b13-8+. The van der Waals surface area contributed by atoms with Crippen molar-refractivity contribution in [2.45, 2.75) is 13.3 Å². The van der Waals surface area contributed by atoms with Gasteiger partial charge in [0.25, 0.3) is 0 Å². The molecule has 0 aliphatic heterocycles. The number of aryl methyl sites for hydroxylation is 1. The van der Waals surface area contributed by atoms with Gasteiger partial charge in [0.1, 0.15) is 5.71 Å². The van der Waals surface area contributed by atoms with Gasteiger partial charge in [0.05, 0.1) is 12.1 Å². The molecular formula is C11H10FNO4. The molecule has 0 aromatic heterocycles. The number of aliphatic imine (C=N–C) groups is 1. The Labute approximate surface area is 96.2 Å². The summed E-state index contributed by atoms with van der Waals surface area (Å²) in [6.07, 6.45) is -0.761. The van der Waals surface area contributed by atoms with Gasteiger partial charge in [0.2, 0.25) is 0 Å². The number of rotatable bonds is 4. The molecule has 0 saturated heterocycles. The summed E-state index contributed by atoms with van der Waals surface area (Å²) in [5, 5.41) is 17.2. The Bertz CT molecular complexity index is 496. The van der Waals surface area contributed by atoms with Crippen molar-refractivity contribution in [1.82, 2.24) is 0 Å². The molecule has 0 amide bonds. The largest absolute Gasteiger partial charge is 0.481 e. The van der Waals surface area contributed by atoms with Crippen LogP contribution in [-0.2, 0) is 9.59 Å². The van der Waals surface area contributed by atoms with Crippen molar-refractivity contribution in [3.63, 3.8) is 0 Å². The quantitative estimate of drug-likeness (QED) is 0.784. The molecular weight excluding hydrogens is 229 g/mol. The molecule has 0 bridgehead atoms. The molecule has 1 aromatic rings. The smallest absolute Gasteiger partial charge is 0.350 e. The predicted molar refractivity (Wildman–Crippen MR) is 58.1 cm³/mol. The molecule has 0 saturated carbocycles. The van der Waals surface area contributed by atoms with Crippen molar-refractivity contribution in [1.29, 1.82) is 0 Å². The highest BCUT2D eigenvalue weighted by molar-refractivity contribution is 6.39. The van der Waals surface area contributed by atoms with Gasteiger partial charge in [-0.1, -0.05) is 12.1 Å².